The van der Waals surface area contributed by atoms with Crippen LogP contribution in [0.3, 0.4) is 0 Å². The number of carbonyl (C=O) groups excluding carboxylic acids is 1. The van der Waals surface area contributed by atoms with Gasteiger partial charge in [-0.25, -0.2) is 4.39 Å². The lowest BCUT2D eigenvalue weighted by atomic mass is 10.1. The van der Waals surface area contributed by atoms with Gasteiger partial charge in [-0.05, 0) is 42.8 Å². The molecule has 0 bridgehead atoms. The molecule has 2 rings (SSSR count). The van der Waals surface area contributed by atoms with Crippen molar-refractivity contribution in [2.45, 2.75) is 13.3 Å². The smallest absolute Gasteiger partial charge is 0.166 e. The minimum Gasteiger partial charge on any atom is -0.494 e. The number of carbonyl (C=O) groups is 1. The maximum atomic E-state index is 13.5. The molecule has 0 saturated carbocycles. The molecule has 3 nitrogen and oxygen atoms in total. The monoisotopic (exact) mass is 288 g/mol. The molecule has 0 aliphatic rings. The number of ether oxygens (including phenoxy) is 2. The average molecular weight is 288 g/mol. The van der Waals surface area contributed by atoms with E-state index in [-0.39, 0.29) is 24.6 Å². The molecule has 0 aliphatic heterocycles. The Morgan fingerprint density at radius 1 is 1.19 bits per heavy atom. The fourth-order valence-electron chi connectivity index (χ4n) is 1.95. The van der Waals surface area contributed by atoms with Crippen molar-refractivity contribution in [2.75, 3.05) is 13.7 Å². The number of hydrogen-bond acceptors (Lipinski definition) is 3. The standard InChI is InChI=1S/C17H17FO3/c1-12-4-3-5-14(10-12)21-9-8-16(19)13-6-7-17(20-2)15(18)11-13/h3-7,10-11H,8-9H2,1-2H3. The second kappa shape index (κ2) is 6.88. The van der Waals surface area contributed by atoms with Crippen molar-refractivity contribution >= 4 is 5.78 Å². The van der Waals surface area contributed by atoms with Gasteiger partial charge in [-0.3, -0.25) is 4.79 Å². The molecule has 0 amide bonds. The van der Waals surface area contributed by atoms with Crippen molar-refractivity contribution in [3.05, 3.63) is 59.4 Å². The maximum Gasteiger partial charge on any atom is 0.166 e. The molecular formula is C17H17FO3. The summed E-state index contributed by atoms with van der Waals surface area (Å²) in [7, 11) is 1.38. The summed E-state index contributed by atoms with van der Waals surface area (Å²) < 4.78 is 23.9. The summed E-state index contributed by atoms with van der Waals surface area (Å²) >= 11 is 0. The van der Waals surface area contributed by atoms with Gasteiger partial charge in [-0.2, -0.15) is 0 Å². The van der Waals surface area contributed by atoms with Crippen LogP contribution in [0.5, 0.6) is 11.5 Å². The van der Waals surface area contributed by atoms with Gasteiger partial charge in [0.25, 0.3) is 0 Å². The van der Waals surface area contributed by atoms with E-state index in [1.54, 1.807) is 6.07 Å². The van der Waals surface area contributed by atoms with Crippen LogP contribution in [0, 0.1) is 12.7 Å². The Labute approximate surface area is 123 Å². The summed E-state index contributed by atoms with van der Waals surface area (Å²) in [6.45, 7) is 2.23. The number of ketones is 1. The Kier molecular flexibility index (Phi) is 4.93. The van der Waals surface area contributed by atoms with Crippen LogP contribution in [0.1, 0.15) is 22.3 Å². The summed E-state index contributed by atoms with van der Waals surface area (Å²) in [5.41, 5.74) is 1.41. The van der Waals surface area contributed by atoms with Gasteiger partial charge in [0.2, 0.25) is 0 Å². The molecule has 0 saturated heterocycles. The molecule has 0 heterocycles. The van der Waals surface area contributed by atoms with Crippen molar-refractivity contribution in [3.8, 4) is 11.5 Å². The topological polar surface area (TPSA) is 35.5 Å². The SMILES string of the molecule is COc1ccc(C(=O)CCOc2cccc(C)c2)cc1F. The Morgan fingerprint density at radius 2 is 2.00 bits per heavy atom. The molecule has 0 aliphatic carbocycles. The number of halogens is 1. The first-order valence-electron chi connectivity index (χ1n) is 6.66. The largest absolute Gasteiger partial charge is 0.494 e. The molecule has 2 aromatic rings. The van der Waals surface area contributed by atoms with Crippen molar-refractivity contribution in [2.24, 2.45) is 0 Å². The Balaban J connectivity index is 1.91. The molecule has 110 valence electrons. The van der Waals surface area contributed by atoms with Crippen LogP contribution in [0.4, 0.5) is 4.39 Å². The van der Waals surface area contributed by atoms with Crippen LogP contribution in [0.15, 0.2) is 42.5 Å². The summed E-state index contributed by atoms with van der Waals surface area (Å²) in [4.78, 5) is 12.0. The van der Waals surface area contributed by atoms with E-state index in [9.17, 15) is 9.18 Å². The zero-order valence-corrected chi connectivity index (χ0v) is 12.1. The maximum absolute atomic E-state index is 13.5. The first-order chi connectivity index (χ1) is 10.1. The van der Waals surface area contributed by atoms with Crippen molar-refractivity contribution < 1.29 is 18.7 Å². The van der Waals surface area contributed by atoms with E-state index in [1.165, 1.54) is 19.2 Å². The van der Waals surface area contributed by atoms with E-state index in [0.717, 1.165) is 11.3 Å². The van der Waals surface area contributed by atoms with Crippen molar-refractivity contribution in [1.82, 2.24) is 0 Å². The summed E-state index contributed by atoms with van der Waals surface area (Å²) in [6, 6.07) is 11.8. The van der Waals surface area contributed by atoms with E-state index in [2.05, 4.69) is 0 Å². The van der Waals surface area contributed by atoms with Crippen LogP contribution in [-0.2, 0) is 0 Å². The van der Waals surface area contributed by atoms with Gasteiger partial charge < -0.3 is 9.47 Å². The molecule has 0 N–H and O–H groups in total. The number of rotatable bonds is 6. The van der Waals surface area contributed by atoms with Crippen molar-refractivity contribution in [1.29, 1.82) is 0 Å². The predicted molar refractivity (Wildman–Crippen MR) is 78.6 cm³/mol. The quantitative estimate of drug-likeness (QED) is 0.759. The molecule has 2 aromatic carbocycles. The number of benzene rings is 2. The lowest BCUT2D eigenvalue weighted by Crippen LogP contribution is -2.07. The summed E-state index contributed by atoms with van der Waals surface area (Å²) in [5.74, 6) is 0.151. The fraction of sp³-hybridized carbons (Fsp3) is 0.235. The molecule has 0 radical (unpaired) electrons. The van der Waals surface area contributed by atoms with Gasteiger partial charge in [0.05, 0.1) is 13.7 Å². The third-order valence-electron chi connectivity index (χ3n) is 3.06. The van der Waals surface area contributed by atoms with Gasteiger partial charge in [0.1, 0.15) is 5.75 Å². The Bertz CT molecular complexity index is 638. The number of aryl methyl sites for hydroxylation is 1. The minimum absolute atomic E-state index is 0.127. The second-order valence-electron chi connectivity index (χ2n) is 4.69. The normalized spacial score (nSPS) is 10.2. The molecular weight excluding hydrogens is 271 g/mol. The highest BCUT2D eigenvalue weighted by Crippen LogP contribution is 2.19. The fourth-order valence-corrected chi connectivity index (χ4v) is 1.95. The molecule has 21 heavy (non-hydrogen) atoms. The predicted octanol–water partition coefficient (Wildman–Crippen LogP) is 3.79. The van der Waals surface area contributed by atoms with Gasteiger partial charge in [0, 0.05) is 12.0 Å². The second-order valence-corrected chi connectivity index (χ2v) is 4.69. The van der Waals surface area contributed by atoms with E-state index < -0.39 is 5.82 Å². The van der Waals surface area contributed by atoms with Gasteiger partial charge in [0.15, 0.2) is 17.3 Å². The summed E-state index contributed by atoms with van der Waals surface area (Å²) in [5, 5.41) is 0. The highest BCUT2D eigenvalue weighted by molar-refractivity contribution is 5.96. The zero-order valence-electron chi connectivity index (χ0n) is 12.1. The van der Waals surface area contributed by atoms with E-state index >= 15 is 0 Å². The average Bonchev–Trinajstić information content (AvgIpc) is 2.47. The van der Waals surface area contributed by atoms with E-state index in [1.807, 2.05) is 31.2 Å². The minimum atomic E-state index is -0.539. The first kappa shape index (κ1) is 15.0. The van der Waals surface area contributed by atoms with Gasteiger partial charge in [-0.15, -0.1) is 0 Å². The molecule has 0 aromatic heterocycles. The Morgan fingerprint density at radius 3 is 2.67 bits per heavy atom. The molecule has 0 unspecified atom stereocenters. The van der Waals surface area contributed by atoms with Crippen molar-refractivity contribution in [3.63, 3.8) is 0 Å². The van der Waals surface area contributed by atoms with E-state index in [0.29, 0.717) is 5.56 Å². The summed E-state index contributed by atoms with van der Waals surface area (Å²) in [6.07, 6.45) is 0.194. The third-order valence-corrected chi connectivity index (χ3v) is 3.06. The molecule has 0 spiro atoms. The van der Waals surface area contributed by atoms with Crippen LogP contribution < -0.4 is 9.47 Å². The van der Waals surface area contributed by atoms with Crippen LogP contribution >= 0.6 is 0 Å². The van der Waals surface area contributed by atoms with Crippen LogP contribution in [0.2, 0.25) is 0 Å². The van der Waals surface area contributed by atoms with Crippen LogP contribution in [0.25, 0.3) is 0 Å². The highest BCUT2D eigenvalue weighted by Gasteiger charge is 2.10. The van der Waals surface area contributed by atoms with Gasteiger partial charge in [-0.1, -0.05) is 12.1 Å². The Hall–Kier alpha value is -2.36. The zero-order chi connectivity index (χ0) is 15.2. The lowest BCUT2D eigenvalue weighted by molar-refractivity contribution is 0.0961. The lowest BCUT2D eigenvalue weighted by Gasteiger charge is -2.07. The molecule has 4 heteroatoms. The van der Waals surface area contributed by atoms with Gasteiger partial charge >= 0.3 is 0 Å². The number of Topliss-reactive ketones (excluding diaryl/α,β-unsaturated/α-hetero) is 1. The number of methoxy groups -OCH3 is 1. The highest BCUT2D eigenvalue weighted by atomic mass is 19.1. The molecule has 0 atom stereocenters. The number of hydrogen-bond donors (Lipinski definition) is 0. The van der Waals surface area contributed by atoms with E-state index in [4.69, 9.17) is 9.47 Å². The van der Waals surface area contributed by atoms with Crippen LogP contribution in [-0.4, -0.2) is 19.5 Å². The first-order valence-corrected chi connectivity index (χ1v) is 6.66. The third kappa shape index (κ3) is 4.05. The molecule has 0 fully saturated rings.